The second-order valence-electron chi connectivity index (χ2n) is 2.98. The summed E-state index contributed by atoms with van der Waals surface area (Å²) in [6, 6.07) is 0. The van der Waals surface area contributed by atoms with Gasteiger partial charge in [-0.05, 0) is 13.8 Å². The van der Waals surface area contributed by atoms with E-state index in [4.69, 9.17) is 9.47 Å². The van der Waals surface area contributed by atoms with Gasteiger partial charge in [0.25, 0.3) is 0 Å². The highest BCUT2D eigenvalue weighted by Gasteiger charge is 2.02. The molecule has 1 heterocycles. The van der Waals surface area contributed by atoms with Crippen molar-refractivity contribution in [2.24, 2.45) is 0 Å². The smallest absolute Gasteiger partial charge is 0.245 e. The van der Waals surface area contributed by atoms with Gasteiger partial charge in [-0.15, -0.1) is 0 Å². The van der Waals surface area contributed by atoms with Crippen LogP contribution in [0.25, 0.3) is 0 Å². The number of ether oxygens (including phenoxy) is 2. The average molecular weight is 199 g/mol. The number of rotatable bonds is 7. The van der Waals surface area contributed by atoms with Crippen LogP contribution < -0.4 is 4.57 Å². The van der Waals surface area contributed by atoms with E-state index in [0.29, 0.717) is 6.73 Å². The fraction of sp³-hybridized carbons (Fsp3) is 0.700. The number of hydrogen-bond acceptors (Lipinski definition) is 2. The van der Waals surface area contributed by atoms with Crippen LogP contribution in [0.5, 0.6) is 0 Å². The van der Waals surface area contributed by atoms with Gasteiger partial charge in [-0.1, -0.05) is 0 Å². The number of aromatic nitrogens is 2. The maximum absolute atomic E-state index is 5.28. The standard InChI is InChI=1S/C10H19N2O2/c1-3-13-8-7-11-5-6-12(9-11)10-14-4-2/h5-6,9H,3-4,7-8,10H2,1-2H3/q+1. The van der Waals surface area contributed by atoms with Crippen molar-refractivity contribution in [3.05, 3.63) is 18.7 Å². The summed E-state index contributed by atoms with van der Waals surface area (Å²) < 4.78 is 14.6. The van der Waals surface area contributed by atoms with E-state index >= 15 is 0 Å². The predicted molar refractivity (Wildman–Crippen MR) is 52.7 cm³/mol. The van der Waals surface area contributed by atoms with Crippen molar-refractivity contribution in [3.63, 3.8) is 0 Å². The van der Waals surface area contributed by atoms with Gasteiger partial charge in [-0.25, -0.2) is 9.13 Å². The van der Waals surface area contributed by atoms with Crippen molar-refractivity contribution in [3.8, 4) is 0 Å². The van der Waals surface area contributed by atoms with Crippen LogP contribution in [0.15, 0.2) is 18.7 Å². The summed E-state index contributed by atoms with van der Waals surface area (Å²) in [5.74, 6) is 0. The zero-order valence-electron chi connectivity index (χ0n) is 8.98. The summed E-state index contributed by atoms with van der Waals surface area (Å²) in [4.78, 5) is 0. The second-order valence-corrected chi connectivity index (χ2v) is 2.98. The van der Waals surface area contributed by atoms with E-state index in [1.165, 1.54) is 0 Å². The molecular weight excluding hydrogens is 180 g/mol. The molecule has 0 amide bonds. The van der Waals surface area contributed by atoms with E-state index < -0.39 is 0 Å². The van der Waals surface area contributed by atoms with Crippen molar-refractivity contribution >= 4 is 0 Å². The Bertz CT molecular complexity index is 248. The zero-order chi connectivity index (χ0) is 10.2. The van der Waals surface area contributed by atoms with Gasteiger partial charge in [0.05, 0.1) is 6.61 Å². The zero-order valence-corrected chi connectivity index (χ0v) is 8.98. The lowest BCUT2D eigenvalue weighted by Crippen LogP contribution is -2.32. The summed E-state index contributed by atoms with van der Waals surface area (Å²) in [5.41, 5.74) is 0. The van der Waals surface area contributed by atoms with Crippen LogP contribution in [-0.4, -0.2) is 24.4 Å². The minimum atomic E-state index is 0.623. The molecule has 0 N–H and O–H groups in total. The van der Waals surface area contributed by atoms with E-state index in [-0.39, 0.29) is 0 Å². The molecule has 0 spiro atoms. The van der Waals surface area contributed by atoms with Gasteiger partial charge in [-0.3, -0.25) is 0 Å². The van der Waals surface area contributed by atoms with Crippen LogP contribution in [0.4, 0.5) is 0 Å². The van der Waals surface area contributed by atoms with Crippen molar-refractivity contribution in [1.82, 2.24) is 4.57 Å². The minimum absolute atomic E-state index is 0.623. The molecule has 0 atom stereocenters. The molecule has 1 rings (SSSR count). The first-order chi connectivity index (χ1) is 6.86. The van der Waals surface area contributed by atoms with E-state index in [9.17, 15) is 0 Å². The molecular formula is C10H19N2O2+. The van der Waals surface area contributed by atoms with Gasteiger partial charge in [0.1, 0.15) is 18.9 Å². The van der Waals surface area contributed by atoms with Gasteiger partial charge in [0.2, 0.25) is 6.33 Å². The van der Waals surface area contributed by atoms with Crippen LogP contribution in [-0.2, 0) is 22.7 Å². The fourth-order valence-electron chi connectivity index (χ4n) is 1.16. The Hall–Kier alpha value is -0.870. The normalized spacial score (nSPS) is 10.7. The first-order valence-corrected chi connectivity index (χ1v) is 5.07. The Labute approximate surface area is 85.1 Å². The van der Waals surface area contributed by atoms with Crippen molar-refractivity contribution in [2.45, 2.75) is 27.1 Å². The fourth-order valence-corrected chi connectivity index (χ4v) is 1.16. The highest BCUT2D eigenvalue weighted by Crippen LogP contribution is 1.86. The molecule has 80 valence electrons. The lowest BCUT2D eigenvalue weighted by atomic mass is 10.6. The van der Waals surface area contributed by atoms with E-state index in [1.807, 2.05) is 37.1 Å². The molecule has 4 heteroatoms. The minimum Gasteiger partial charge on any atom is -0.378 e. The molecule has 0 saturated heterocycles. The molecule has 14 heavy (non-hydrogen) atoms. The van der Waals surface area contributed by atoms with Crippen molar-refractivity contribution in [2.75, 3.05) is 19.8 Å². The lowest BCUT2D eigenvalue weighted by molar-refractivity contribution is -0.732. The molecule has 0 unspecified atom stereocenters. The molecule has 1 aromatic rings. The third-order valence-corrected chi connectivity index (χ3v) is 1.89. The van der Waals surface area contributed by atoms with Crippen LogP contribution >= 0.6 is 0 Å². The average Bonchev–Trinajstić information content (AvgIpc) is 2.63. The largest absolute Gasteiger partial charge is 0.378 e. The quantitative estimate of drug-likeness (QED) is 0.480. The van der Waals surface area contributed by atoms with E-state index in [1.54, 1.807) is 0 Å². The molecule has 0 aliphatic carbocycles. The molecule has 0 fully saturated rings. The first-order valence-electron chi connectivity index (χ1n) is 5.07. The lowest BCUT2D eigenvalue weighted by Gasteiger charge is -1.97. The molecule has 0 aliphatic heterocycles. The summed E-state index contributed by atoms with van der Waals surface area (Å²) in [7, 11) is 0. The SMILES string of the molecule is CCOCCn1cc[n+](COCC)c1. The van der Waals surface area contributed by atoms with Gasteiger partial charge >= 0.3 is 0 Å². The van der Waals surface area contributed by atoms with Crippen LogP contribution in [0, 0.1) is 0 Å². The highest BCUT2D eigenvalue weighted by atomic mass is 16.5. The molecule has 0 radical (unpaired) electrons. The Kier molecular flexibility index (Phi) is 5.25. The van der Waals surface area contributed by atoms with Crippen molar-refractivity contribution < 1.29 is 14.0 Å². The van der Waals surface area contributed by atoms with Crippen LogP contribution in [0.2, 0.25) is 0 Å². The highest BCUT2D eigenvalue weighted by molar-refractivity contribution is 4.65. The Morgan fingerprint density at radius 1 is 1.21 bits per heavy atom. The summed E-state index contributed by atoms with van der Waals surface area (Å²) in [6.07, 6.45) is 6.05. The summed E-state index contributed by atoms with van der Waals surface area (Å²) >= 11 is 0. The second kappa shape index (κ2) is 6.56. The Balaban J connectivity index is 2.27. The van der Waals surface area contributed by atoms with Gasteiger partial charge < -0.3 is 9.47 Å². The molecule has 0 saturated carbocycles. The molecule has 1 aromatic heterocycles. The van der Waals surface area contributed by atoms with Crippen LogP contribution in [0.1, 0.15) is 13.8 Å². The summed E-state index contributed by atoms with van der Waals surface area (Å²) in [6.45, 7) is 7.81. The number of hydrogen-bond donors (Lipinski definition) is 0. The number of nitrogens with zero attached hydrogens (tertiary/aromatic N) is 2. The van der Waals surface area contributed by atoms with E-state index in [2.05, 4.69) is 4.57 Å². The van der Waals surface area contributed by atoms with E-state index in [0.717, 1.165) is 26.4 Å². The molecule has 0 bridgehead atoms. The van der Waals surface area contributed by atoms with Crippen LogP contribution in [0.3, 0.4) is 0 Å². The maximum atomic E-state index is 5.28. The van der Waals surface area contributed by atoms with Gasteiger partial charge in [-0.2, -0.15) is 0 Å². The summed E-state index contributed by atoms with van der Waals surface area (Å²) in [5, 5.41) is 0. The van der Waals surface area contributed by atoms with Crippen molar-refractivity contribution in [1.29, 1.82) is 0 Å². The topological polar surface area (TPSA) is 27.3 Å². The predicted octanol–water partition coefficient (Wildman–Crippen LogP) is 0.806. The maximum Gasteiger partial charge on any atom is 0.245 e. The third-order valence-electron chi connectivity index (χ3n) is 1.89. The van der Waals surface area contributed by atoms with Gasteiger partial charge in [0.15, 0.2) is 6.73 Å². The Morgan fingerprint density at radius 2 is 2.00 bits per heavy atom. The van der Waals surface area contributed by atoms with Gasteiger partial charge in [0, 0.05) is 13.2 Å². The number of imidazole rings is 1. The Morgan fingerprint density at radius 3 is 2.71 bits per heavy atom. The first kappa shape index (κ1) is 11.2. The molecule has 0 aliphatic rings. The monoisotopic (exact) mass is 199 g/mol. The molecule has 4 nitrogen and oxygen atoms in total. The molecule has 0 aromatic carbocycles. The third kappa shape index (κ3) is 3.89.